The van der Waals surface area contributed by atoms with Crippen molar-refractivity contribution >= 4 is 21.8 Å². The van der Waals surface area contributed by atoms with E-state index in [1.54, 1.807) is 6.07 Å². The Morgan fingerprint density at radius 3 is 2.12 bits per heavy atom. The van der Waals surface area contributed by atoms with E-state index in [4.69, 9.17) is 4.98 Å². The van der Waals surface area contributed by atoms with Crippen LogP contribution in [0.3, 0.4) is 0 Å². The summed E-state index contributed by atoms with van der Waals surface area (Å²) in [7, 11) is 0. The molecule has 0 unspecified atom stereocenters. The third-order valence-electron chi connectivity index (χ3n) is 7.59. The molecule has 5 aromatic rings. The summed E-state index contributed by atoms with van der Waals surface area (Å²) >= 11 is 0. The van der Waals surface area contributed by atoms with Crippen molar-refractivity contribution in [2.24, 2.45) is 0 Å². The van der Waals surface area contributed by atoms with E-state index >= 15 is 0 Å². The van der Waals surface area contributed by atoms with E-state index in [0.29, 0.717) is 11.2 Å². The normalized spacial score (nSPS) is 11.6. The minimum Gasteiger partial charge on any atom is -0.290 e. The Kier molecular flexibility index (Phi) is 5.82. The van der Waals surface area contributed by atoms with Crippen LogP contribution >= 0.6 is 0 Å². The Morgan fingerprint density at radius 1 is 0.634 bits per heavy atom. The lowest BCUT2D eigenvalue weighted by Crippen LogP contribution is -2.38. The van der Waals surface area contributed by atoms with Crippen LogP contribution < -0.4 is 11.2 Å². The first-order valence-corrected chi connectivity index (χ1v) is 13.6. The van der Waals surface area contributed by atoms with Crippen molar-refractivity contribution in [1.29, 1.82) is 0 Å². The molecule has 2 heterocycles. The lowest BCUT2D eigenvalue weighted by molar-refractivity contribution is 0.799. The molecule has 0 radical (unpaired) electrons. The highest BCUT2D eigenvalue weighted by atomic mass is 16.2. The van der Waals surface area contributed by atoms with Crippen LogP contribution in [-0.4, -0.2) is 19.1 Å². The van der Waals surface area contributed by atoms with E-state index < -0.39 is 11.2 Å². The predicted molar refractivity (Wildman–Crippen MR) is 164 cm³/mol. The lowest BCUT2D eigenvalue weighted by Gasteiger charge is -2.21. The first-order valence-electron chi connectivity index (χ1n) is 13.6. The Bertz CT molecular complexity index is 2170. The van der Waals surface area contributed by atoms with Crippen LogP contribution in [0.5, 0.6) is 0 Å². The zero-order valence-corrected chi connectivity index (χ0v) is 22.7. The van der Waals surface area contributed by atoms with E-state index in [1.807, 2.05) is 97.3 Å². The molecule has 2 aliphatic rings. The smallest absolute Gasteiger partial charge is 0.290 e. The molecule has 0 N–H and O–H groups in total. The average Bonchev–Trinajstić information content (AvgIpc) is 3.00. The van der Waals surface area contributed by atoms with Gasteiger partial charge in [-0.15, -0.1) is 0 Å². The van der Waals surface area contributed by atoms with Crippen molar-refractivity contribution in [3.8, 4) is 34.0 Å². The molecular weight excluding hydrogens is 508 g/mol. The van der Waals surface area contributed by atoms with Gasteiger partial charge in [0.05, 0.1) is 22.4 Å². The Hall–Kier alpha value is -5.36. The van der Waals surface area contributed by atoms with Gasteiger partial charge < -0.3 is 0 Å². The van der Waals surface area contributed by atoms with Crippen molar-refractivity contribution in [3.63, 3.8) is 0 Å². The Labute approximate surface area is 236 Å². The van der Waals surface area contributed by atoms with Crippen molar-refractivity contribution in [2.45, 2.75) is 19.8 Å². The van der Waals surface area contributed by atoms with Crippen LogP contribution in [0, 0.1) is 0 Å². The van der Waals surface area contributed by atoms with Crippen LogP contribution in [0.25, 0.3) is 55.8 Å². The van der Waals surface area contributed by atoms with Crippen LogP contribution in [0.15, 0.2) is 125 Å². The van der Waals surface area contributed by atoms with Gasteiger partial charge in [-0.25, -0.2) is 14.3 Å². The van der Waals surface area contributed by atoms with Crippen molar-refractivity contribution in [3.05, 3.63) is 142 Å². The molecule has 6 heteroatoms. The Balaban J connectivity index is 1.63. The number of aromatic nitrogens is 4. The van der Waals surface area contributed by atoms with E-state index in [0.717, 1.165) is 43.2 Å². The first kappa shape index (κ1) is 24.7. The third-order valence-corrected chi connectivity index (χ3v) is 7.59. The molecule has 198 valence electrons. The zero-order valence-electron chi connectivity index (χ0n) is 22.7. The van der Waals surface area contributed by atoms with Gasteiger partial charge in [-0.1, -0.05) is 105 Å². The maximum atomic E-state index is 14.2. The number of rotatable bonds is 4. The lowest BCUT2D eigenvalue weighted by atomic mass is 9.96. The summed E-state index contributed by atoms with van der Waals surface area (Å²) in [5.41, 5.74) is 4.75. The molecule has 7 rings (SSSR count). The number of benzene rings is 5. The van der Waals surface area contributed by atoms with E-state index in [-0.39, 0.29) is 17.4 Å². The van der Waals surface area contributed by atoms with Gasteiger partial charge in [-0.05, 0) is 52.3 Å². The molecule has 41 heavy (non-hydrogen) atoms. The highest BCUT2D eigenvalue weighted by Crippen LogP contribution is 2.36. The molecule has 2 aliphatic heterocycles. The standard InChI is InChI=1S/C35H26N4O2/c1-22(2)25-16-6-8-19-28(25)39-34(40)32-33(37-35(39)41)38(29-20-9-7-18-27(29)36-32)30-21-11-15-24-14-10-17-26(31(24)30)23-12-4-3-5-13-23/h3-22H,1-2H3. The minimum absolute atomic E-state index is 0.106. The SMILES string of the molecule is CC(C)c1ccccc1-n1c(=O)nc2n(-c3cccc4cccc(-c5ccccc5)c34)c3ccccc3nc-2c1=O. The van der Waals surface area contributed by atoms with Gasteiger partial charge in [0.25, 0.3) is 5.56 Å². The third kappa shape index (κ3) is 3.95. The largest absolute Gasteiger partial charge is 0.357 e. The average molecular weight is 535 g/mol. The molecule has 0 atom stereocenters. The van der Waals surface area contributed by atoms with Crippen LogP contribution in [0.2, 0.25) is 0 Å². The molecule has 0 aliphatic carbocycles. The Morgan fingerprint density at radius 2 is 1.32 bits per heavy atom. The van der Waals surface area contributed by atoms with E-state index in [1.165, 1.54) is 0 Å². The minimum atomic E-state index is -0.634. The number of nitrogens with zero attached hydrogens (tertiary/aromatic N) is 4. The predicted octanol–water partition coefficient (Wildman–Crippen LogP) is 6.98. The monoisotopic (exact) mass is 534 g/mol. The molecule has 5 aromatic carbocycles. The summed E-state index contributed by atoms with van der Waals surface area (Å²) in [6.45, 7) is 4.07. The van der Waals surface area contributed by atoms with Crippen molar-refractivity contribution < 1.29 is 0 Å². The molecule has 0 saturated carbocycles. The van der Waals surface area contributed by atoms with Gasteiger partial charge in [0.1, 0.15) is 0 Å². The summed E-state index contributed by atoms with van der Waals surface area (Å²) in [6.07, 6.45) is 0. The summed E-state index contributed by atoms with van der Waals surface area (Å²) in [6, 6.07) is 37.6. The van der Waals surface area contributed by atoms with Crippen molar-refractivity contribution in [1.82, 2.24) is 19.1 Å². The number of hydrogen-bond donors (Lipinski definition) is 0. The molecule has 0 saturated heterocycles. The highest BCUT2D eigenvalue weighted by molar-refractivity contribution is 6.03. The fourth-order valence-corrected chi connectivity index (χ4v) is 5.72. The van der Waals surface area contributed by atoms with E-state index in [2.05, 4.69) is 35.3 Å². The molecule has 6 nitrogen and oxygen atoms in total. The van der Waals surface area contributed by atoms with Gasteiger partial charge in [0.15, 0.2) is 11.5 Å². The van der Waals surface area contributed by atoms with Gasteiger partial charge in [0.2, 0.25) is 0 Å². The molecule has 0 bridgehead atoms. The van der Waals surface area contributed by atoms with Crippen LogP contribution in [0.1, 0.15) is 25.3 Å². The quantitative estimate of drug-likeness (QED) is 0.229. The highest BCUT2D eigenvalue weighted by Gasteiger charge is 2.25. The maximum Gasteiger partial charge on any atom is 0.357 e. The van der Waals surface area contributed by atoms with Gasteiger partial charge in [0, 0.05) is 5.39 Å². The molecule has 0 amide bonds. The fraction of sp³-hybridized carbons (Fsp3) is 0.0857. The van der Waals surface area contributed by atoms with Gasteiger partial charge >= 0.3 is 5.69 Å². The van der Waals surface area contributed by atoms with Gasteiger partial charge in [-0.3, -0.25) is 9.36 Å². The second kappa shape index (κ2) is 9.68. The number of hydrogen-bond acceptors (Lipinski definition) is 4. The molecule has 0 aromatic heterocycles. The van der Waals surface area contributed by atoms with E-state index in [9.17, 15) is 9.59 Å². The summed E-state index contributed by atoms with van der Waals surface area (Å²) in [5.74, 6) is 0.335. The topological polar surface area (TPSA) is 69.8 Å². The molecular formula is C35H26N4O2. The second-order valence-electron chi connectivity index (χ2n) is 10.4. The second-order valence-corrected chi connectivity index (χ2v) is 10.4. The summed E-state index contributed by atoms with van der Waals surface area (Å²) in [4.78, 5) is 37.2. The molecule has 0 fully saturated rings. The summed E-state index contributed by atoms with van der Waals surface area (Å²) in [5, 5.41) is 2.03. The van der Waals surface area contributed by atoms with Crippen LogP contribution in [-0.2, 0) is 0 Å². The van der Waals surface area contributed by atoms with Crippen LogP contribution in [0.4, 0.5) is 0 Å². The first-order chi connectivity index (χ1) is 20.0. The molecule has 0 spiro atoms. The zero-order chi connectivity index (χ0) is 28.1. The number of fused-ring (bicyclic) bond motifs is 3. The summed E-state index contributed by atoms with van der Waals surface area (Å²) < 4.78 is 3.07. The fourth-order valence-electron chi connectivity index (χ4n) is 5.72. The van der Waals surface area contributed by atoms with Gasteiger partial charge in [-0.2, -0.15) is 4.98 Å². The number of para-hydroxylation sites is 3. The van der Waals surface area contributed by atoms with Crippen molar-refractivity contribution in [2.75, 3.05) is 0 Å². The maximum absolute atomic E-state index is 14.2.